The highest BCUT2D eigenvalue weighted by Crippen LogP contribution is 2.42. The first kappa shape index (κ1) is 65.5. The summed E-state index contributed by atoms with van der Waals surface area (Å²) in [4.78, 5) is 38.2. The molecule has 1 amide bonds. The first-order valence-electron chi connectivity index (χ1n) is 27.6. The summed E-state index contributed by atoms with van der Waals surface area (Å²) in [5.41, 5.74) is 1.37. The Labute approximate surface area is 513 Å². The Balaban J connectivity index is 0.000000162. The second-order valence-corrected chi connectivity index (χ2v) is 22.6. The van der Waals surface area contributed by atoms with Gasteiger partial charge in [-0.2, -0.15) is 63.7 Å². The van der Waals surface area contributed by atoms with Crippen LogP contribution in [0.4, 0.5) is 39.5 Å². The summed E-state index contributed by atoms with van der Waals surface area (Å²) in [7, 11) is 1.43. The van der Waals surface area contributed by atoms with E-state index in [1.54, 1.807) is 57.9 Å². The average molecular weight is 1290 g/mol. The number of fused-ring (bicyclic) bond motifs is 3. The maximum Gasteiger partial charge on any atom is 0.419 e. The van der Waals surface area contributed by atoms with Gasteiger partial charge in [-0.1, -0.05) is 0 Å². The Morgan fingerprint density at radius 2 is 0.934 bits per heavy atom. The number of aryl methyl sites for hydroxylation is 3. The second kappa shape index (κ2) is 26.7. The van der Waals surface area contributed by atoms with E-state index in [2.05, 4.69) is 39.4 Å². The molecule has 6 aromatic heterocycles. The van der Waals surface area contributed by atoms with Crippen molar-refractivity contribution in [1.29, 1.82) is 15.8 Å². The molecular weight excluding hydrogens is 1230 g/mol. The van der Waals surface area contributed by atoms with E-state index in [1.807, 2.05) is 18.2 Å². The first-order chi connectivity index (χ1) is 43.0. The van der Waals surface area contributed by atoms with Gasteiger partial charge in [-0.05, 0) is 98.5 Å². The van der Waals surface area contributed by atoms with Gasteiger partial charge in [0.05, 0.1) is 82.1 Å². The largest absolute Gasteiger partial charge is 0.492 e. The fraction of sp³-hybridized carbons (Fsp3) is 0.333. The molecule has 0 aliphatic heterocycles. The van der Waals surface area contributed by atoms with Crippen LogP contribution in [0.15, 0.2) is 91.8 Å². The molecule has 0 radical (unpaired) electrons. The number of amides is 1. The van der Waals surface area contributed by atoms with E-state index in [1.165, 1.54) is 56.2 Å². The van der Waals surface area contributed by atoms with Crippen molar-refractivity contribution >= 4 is 49.1 Å². The van der Waals surface area contributed by atoms with E-state index in [-0.39, 0.29) is 94.1 Å². The Kier molecular flexibility index (Phi) is 19.2. The standard InChI is InChI=1S/C22H20F3N5O2.C20H18F3N5O.C18H15F3N4O4S/c1-13(31)30(15-4-5-15)7-8-32-20-6-3-14(9-16(20)22(23,24)25)17-10-19-21(18(11-26)28-17)27-12-29(19)2;1-28-11-26-19-16(10-24)27-15(9-17(19)28)12-2-5-18(14(8-12)20(21,22)23)29-7-6-25-13-3-4-13;1-25-10-23-17-14(9-22)24-13(8-15(17)25)11-3-4-16(12(7-11)18(19,20)21)28-5-6-29-30(2,26)27/h3,6,9-10,12,15H,4-5,7-8H2,1-2H3;2,5,8-9,11,13,25H,3-4,6-7H2,1H3;3-4,7-8,10H,5-6H2,1-2H3. The Morgan fingerprint density at radius 1 is 0.571 bits per heavy atom. The Hall–Kier alpha value is -9.90. The number of hydrogen-bond donors (Lipinski definition) is 1. The molecule has 2 fully saturated rings. The fourth-order valence-corrected chi connectivity index (χ4v) is 9.83. The molecule has 9 aromatic rings. The highest BCUT2D eigenvalue weighted by Gasteiger charge is 2.38. The summed E-state index contributed by atoms with van der Waals surface area (Å²) in [5, 5.41) is 31.2. The maximum atomic E-state index is 13.8. The lowest BCUT2D eigenvalue weighted by Crippen LogP contribution is -2.34. The number of nitrogens with zero attached hydrogens (tertiary/aromatic N) is 13. The molecule has 31 heteroatoms. The van der Waals surface area contributed by atoms with Crippen molar-refractivity contribution < 1.29 is 71.1 Å². The molecule has 6 heterocycles. The molecule has 21 nitrogen and oxygen atoms in total. The highest BCUT2D eigenvalue weighted by atomic mass is 32.2. The van der Waals surface area contributed by atoms with E-state index in [4.69, 9.17) is 14.2 Å². The SMILES string of the molecule is CC(=O)N(CCOc1ccc(-c2cc3c(ncn3C)c(C#N)n2)cc1C(F)(F)F)C1CC1.Cn1cnc2c(C#N)nc(-c3ccc(OCCNC4CC4)c(C(F)(F)F)c3)cc21.Cn1cnc2c(C#N)nc(-c3ccc(OCCOS(C)(=O)=O)c(C(F)(F)F)c3)cc21. The minimum absolute atomic E-state index is 0.00471. The van der Waals surface area contributed by atoms with Gasteiger partial charge >= 0.3 is 18.5 Å². The molecule has 2 saturated carbocycles. The summed E-state index contributed by atoms with van der Waals surface area (Å²) in [6, 6.07) is 22.0. The van der Waals surface area contributed by atoms with Crippen molar-refractivity contribution in [1.82, 2.24) is 53.8 Å². The molecule has 474 valence electrons. The van der Waals surface area contributed by atoms with Crippen molar-refractivity contribution in [3.05, 3.63) is 126 Å². The number of nitriles is 3. The smallest absolute Gasteiger partial charge is 0.419 e. The van der Waals surface area contributed by atoms with Crippen molar-refractivity contribution in [3.8, 4) is 69.2 Å². The van der Waals surface area contributed by atoms with Gasteiger partial charge in [0.1, 0.15) is 78.4 Å². The lowest BCUT2D eigenvalue weighted by atomic mass is 10.1. The number of halogens is 9. The van der Waals surface area contributed by atoms with Crippen LogP contribution in [0.3, 0.4) is 0 Å². The summed E-state index contributed by atoms with van der Waals surface area (Å²) in [5.74, 6) is -1.14. The molecule has 1 N–H and O–H groups in total. The molecule has 2 aliphatic rings. The third-order valence-electron chi connectivity index (χ3n) is 14.2. The first-order valence-corrected chi connectivity index (χ1v) is 29.4. The normalized spacial score (nSPS) is 13.4. The molecule has 11 rings (SSSR count). The summed E-state index contributed by atoms with van der Waals surface area (Å²) in [6.07, 6.45) is -4.62. The zero-order valence-corrected chi connectivity index (χ0v) is 49.7. The number of nitrogens with one attached hydrogen (secondary N) is 1. The van der Waals surface area contributed by atoms with E-state index < -0.39 is 64.3 Å². The van der Waals surface area contributed by atoms with Crippen LogP contribution in [0.2, 0.25) is 0 Å². The van der Waals surface area contributed by atoms with Crippen molar-refractivity contribution in [3.63, 3.8) is 0 Å². The van der Waals surface area contributed by atoms with Gasteiger partial charge in [0.15, 0.2) is 17.1 Å². The van der Waals surface area contributed by atoms with E-state index in [0.717, 1.165) is 56.2 Å². The minimum Gasteiger partial charge on any atom is -0.492 e. The number of imidazole rings is 3. The van der Waals surface area contributed by atoms with Crippen LogP contribution < -0.4 is 19.5 Å². The third-order valence-corrected chi connectivity index (χ3v) is 14.8. The summed E-state index contributed by atoms with van der Waals surface area (Å²) >= 11 is 0. The van der Waals surface area contributed by atoms with Gasteiger partial charge in [-0.25, -0.2) is 29.9 Å². The number of carbonyl (C=O) groups excluding carboxylic acids is 1. The van der Waals surface area contributed by atoms with Crippen LogP contribution in [0.25, 0.3) is 66.9 Å². The number of carbonyl (C=O) groups is 1. The lowest BCUT2D eigenvalue weighted by molar-refractivity contribution is -0.139. The molecule has 0 bridgehead atoms. The zero-order valence-electron chi connectivity index (χ0n) is 48.9. The van der Waals surface area contributed by atoms with Crippen molar-refractivity contribution in [2.75, 3.05) is 45.8 Å². The monoisotopic (exact) mass is 1280 g/mol. The van der Waals surface area contributed by atoms with Crippen LogP contribution in [0, 0.1) is 34.0 Å². The Morgan fingerprint density at radius 3 is 1.25 bits per heavy atom. The fourth-order valence-electron chi connectivity index (χ4n) is 9.46. The van der Waals surface area contributed by atoms with Gasteiger partial charge in [0, 0.05) is 63.4 Å². The maximum absolute atomic E-state index is 13.8. The topological polar surface area (TPSA) is 267 Å². The molecule has 3 aromatic carbocycles. The Bertz CT molecular complexity index is 4460. The van der Waals surface area contributed by atoms with E-state index in [9.17, 15) is 68.5 Å². The molecule has 0 saturated heterocycles. The molecule has 2 aliphatic carbocycles. The summed E-state index contributed by atoms with van der Waals surface area (Å²) < 4.78 is 170. The minimum atomic E-state index is -4.74. The number of alkyl halides is 9. The quantitative estimate of drug-likeness (QED) is 0.0475. The van der Waals surface area contributed by atoms with Crippen molar-refractivity contribution in [2.24, 2.45) is 21.1 Å². The van der Waals surface area contributed by atoms with E-state index in [0.29, 0.717) is 45.7 Å². The molecule has 0 atom stereocenters. The van der Waals surface area contributed by atoms with E-state index >= 15 is 0 Å². The predicted molar refractivity (Wildman–Crippen MR) is 310 cm³/mol. The summed E-state index contributed by atoms with van der Waals surface area (Å²) in [6.45, 7) is 1.44. The number of aromatic nitrogens is 9. The molecule has 0 spiro atoms. The highest BCUT2D eigenvalue weighted by molar-refractivity contribution is 7.86. The van der Waals surface area contributed by atoms with Gasteiger partial charge < -0.3 is 38.1 Å². The average Bonchev–Trinajstić information content (AvgIpc) is 1.84. The van der Waals surface area contributed by atoms with Crippen molar-refractivity contribution in [2.45, 2.75) is 63.2 Å². The predicted octanol–water partition coefficient (Wildman–Crippen LogP) is 10.5. The number of benzene rings is 3. The third kappa shape index (κ3) is 15.9. The number of pyridine rings is 3. The van der Waals surface area contributed by atoms with Crippen LogP contribution in [0.1, 0.15) is 66.4 Å². The van der Waals surface area contributed by atoms with Gasteiger partial charge in [-0.3, -0.25) is 8.98 Å². The molecular formula is C60H53F9N14O7S. The molecule has 91 heavy (non-hydrogen) atoms. The van der Waals surface area contributed by atoms with Gasteiger partial charge in [0.25, 0.3) is 10.1 Å². The zero-order chi connectivity index (χ0) is 65.7. The number of hydrogen-bond acceptors (Lipinski definition) is 17. The van der Waals surface area contributed by atoms with Crippen LogP contribution in [-0.2, 0) is 58.8 Å². The van der Waals surface area contributed by atoms with Crippen LogP contribution in [-0.4, -0.2) is 121 Å². The van der Waals surface area contributed by atoms with Crippen LogP contribution in [0.5, 0.6) is 17.2 Å². The van der Waals surface area contributed by atoms with Gasteiger partial charge in [0.2, 0.25) is 5.91 Å². The number of rotatable bonds is 18. The second-order valence-electron chi connectivity index (χ2n) is 20.9. The van der Waals surface area contributed by atoms with Gasteiger partial charge in [-0.15, -0.1) is 0 Å². The lowest BCUT2D eigenvalue weighted by Gasteiger charge is -2.21. The molecule has 0 unspecified atom stereocenters. The van der Waals surface area contributed by atoms with Crippen LogP contribution >= 0.6 is 0 Å². The number of ether oxygens (including phenoxy) is 3.